The van der Waals surface area contributed by atoms with Crippen molar-refractivity contribution in [1.82, 2.24) is 10.6 Å². The summed E-state index contributed by atoms with van der Waals surface area (Å²) in [7, 11) is 0. The van der Waals surface area contributed by atoms with Gasteiger partial charge < -0.3 is 32.3 Å². The molecule has 4 atom stereocenters. The lowest BCUT2D eigenvalue weighted by Gasteiger charge is -2.25. The SMILES string of the molecule is CCC(C)C(NC(=O)C(CCC(=O)O)NC(=O)C(N)CCCCN)C(=O)O. The monoisotopic (exact) mass is 388 g/mol. The van der Waals surface area contributed by atoms with E-state index in [-0.39, 0.29) is 18.8 Å². The van der Waals surface area contributed by atoms with Crippen LogP contribution in [-0.2, 0) is 19.2 Å². The molecule has 0 bridgehead atoms. The molecule has 0 radical (unpaired) electrons. The van der Waals surface area contributed by atoms with Gasteiger partial charge in [0, 0.05) is 6.42 Å². The molecule has 0 spiro atoms. The van der Waals surface area contributed by atoms with Crippen molar-refractivity contribution in [2.45, 2.75) is 70.5 Å². The summed E-state index contributed by atoms with van der Waals surface area (Å²) in [5, 5.41) is 23.0. The van der Waals surface area contributed by atoms with E-state index in [4.69, 9.17) is 16.6 Å². The number of unbranched alkanes of at least 4 members (excludes halogenated alkanes) is 1. The molecule has 156 valence electrons. The number of carboxylic acid groups (broad SMARTS) is 2. The lowest BCUT2D eigenvalue weighted by Crippen LogP contribution is -2.55. The first-order chi connectivity index (χ1) is 12.6. The number of aliphatic carboxylic acids is 2. The average molecular weight is 388 g/mol. The highest BCUT2D eigenvalue weighted by atomic mass is 16.4. The molecule has 4 unspecified atom stereocenters. The Hall–Kier alpha value is -2.20. The third-order valence-electron chi connectivity index (χ3n) is 4.36. The number of nitrogens with two attached hydrogens (primary N) is 2. The van der Waals surface area contributed by atoms with E-state index in [0.29, 0.717) is 32.2 Å². The molecule has 0 saturated heterocycles. The Kier molecular flexibility index (Phi) is 12.0. The Balaban J connectivity index is 5.05. The van der Waals surface area contributed by atoms with E-state index in [9.17, 15) is 24.3 Å². The Bertz CT molecular complexity index is 514. The number of carbonyl (C=O) groups excluding carboxylic acids is 2. The molecule has 0 aromatic rings. The molecule has 0 fully saturated rings. The van der Waals surface area contributed by atoms with Crippen molar-refractivity contribution in [2.75, 3.05) is 6.54 Å². The fourth-order valence-electron chi connectivity index (χ4n) is 2.39. The lowest BCUT2D eigenvalue weighted by molar-refractivity contribution is -0.144. The zero-order chi connectivity index (χ0) is 21.0. The van der Waals surface area contributed by atoms with Crippen molar-refractivity contribution in [2.24, 2.45) is 17.4 Å². The van der Waals surface area contributed by atoms with E-state index in [2.05, 4.69) is 10.6 Å². The first kappa shape index (κ1) is 24.8. The first-order valence-corrected chi connectivity index (χ1v) is 9.14. The maximum absolute atomic E-state index is 12.5. The van der Waals surface area contributed by atoms with Gasteiger partial charge in [-0.15, -0.1) is 0 Å². The summed E-state index contributed by atoms with van der Waals surface area (Å²) in [4.78, 5) is 46.9. The molecule has 0 aromatic heterocycles. The Morgan fingerprint density at radius 3 is 2.11 bits per heavy atom. The maximum atomic E-state index is 12.5. The second-order valence-corrected chi connectivity index (χ2v) is 6.59. The number of rotatable bonds is 14. The fraction of sp³-hybridized carbons (Fsp3) is 0.765. The van der Waals surface area contributed by atoms with Crippen LogP contribution in [0.25, 0.3) is 0 Å². The second-order valence-electron chi connectivity index (χ2n) is 6.59. The topological polar surface area (TPSA) is 185 Å². The average Bonchev–Trinajstić information content (AvgIpc) is 2.61. The van der Waals surface area contributed by atoms with Crippen LogP contribution in [0.15, 0.2) is 0 Å². The van der Waals surface area contributed by atoms with Crippen LogP contribution in [0.1, 0.15) is 52.4 Å². The van der Waals surface area contributed by atoms with Crippen molar-refractivity contribution < 1.29 is 29.4 Å². The molecule has 0 aliphatic rings. The molecule has 0 aliphatic heterocycles. The minimum atomic E-state index is -1.19. The van der Waals surface area contributed by atoms with Crippen LogP contribution >= 0.6 is 0 Å². The summed E-state index contributed by atoms with van der Waals surface area (Å²) >= 11 is 0. The van der Waals surface area contributed by atoms with Crippen LogP contribution in [0.4, 0.5) is 0 Å². The van der Waals surface area contributed by atoms with Crippen LogP contribution in [0.3, 0.4) is 0 Å². The minimum Gasteiger partial charge on any atom is -0.481 e. The Morgan fingerprint density at radius 1 is 1.00 bits per heavy atom. The minimum absolute atomic E-state index is 0.171. The highest BCUT2D eigenvalue weighted by molar-refractivity contribution is 5.92. The van der Waals surface area contributed by atoms with E-state index < -0.39 is 41.9 Å². The predicted octanol–water partition coefficient (Wildman–Crippen LogP) is -0.592. The fourth-order valence-corrected chi connectivity index (χ4v) is 2.39. The summed E-state index contributed by atoms with van der Waals surface area (Å²) in [6.07, 6.45) is 1.72. The third-order valence-corrected chi connectivity index (χ3v) is 4.36. The first-order valence-electron chi connectivity index (χ1n) is 9.14. The zero-order valence-corrected chi connectivity index (χ0v) is 15.9. The summed E-state index contributed by atoms with van der Waals surface area (Å²) in [6, 6.07) is -3.17. The molecule has 0 rings (SSSR count). The summed E-state index contributed by atoms with van der Waals surface area (Å²) in [6.45, 7) is 3.94. The molecule has 10 nitrogen and oxygen atoms in total. The van der Waals surface area contributed by atoms with E-state index in [1.807, 2.05) is 0 Å². The van der Waals surface area contributed by atoms with Crippen LogP contribution in [0, 0.1) is 5.92 Å². The van der Waals surface area contributed by atoms with Gasteiger partial charge in [0.05, 0.1) is 6.04 Å². The van der Waals surface area contributed by atoms with E-state index in [0.717, 1.165) is 0 Å². The van der Waals surface area contributed by atoms with Crippen molar-refractivity contribution in [1.29, 1.82) is 0 Å². The van der Waals surface area contributed by atoms with E-state index in [1.54, 1.807) is 13.8 Å². The zero-order valence-electron chi connectivity index (χ0n) is 15.9. The molecular weight excluding hydrogens is 356 g/mol. The predicted molar refractivity (Wildman–Crippen MR) is 98.7 cm³/mol. The highest BCUT2D eigenvalue weighted by Gasteiger charge is 2.30. The van der Waals surface area contributed by atoms with Crippen LogP contribution in [0.5, 0.6) is 0 Å². The van der Waals surface area contributed by atoms with Gasteiger partial charge in [0.1, 0.15) is 12.1 Å². The van der Waals surface area contributed by atoms with Crippen molar-refractivity contribution in [3.63, 3.8) is 0 Å². The van der Waals surface area contributed by atoms with Crippen molar-refractivity contribution in [3.05, 3.63) is 0 Å². The standard InChI is InChI=1S/C17H32N4O6/c1-3-10(2)14(17(26)27)21-16(25)12(7-8-13(22)23)20-15(24)11(19)6-4-5-9-18/h10-12,14H,3-9,18-19H2,1-2H3,(H,20,24)(H,21,25)(H,22,23)(H,26,27). The number of hydrogen-bond acceptors (Lipinski definition) is 6. The summed E-state index contributed by atoms with van der Waals surface area (Å²) in [5.74, 6) is -3.99. The number of hydrogen-bond donors (Lipinski definition) is 6. The van der Waals surface area contributed by atoms with Crippen molar-refractivity contribution >= 4 is 23.8 Å². The quantitative estimate of drug-likeness (QED) is 0.213. The van der Waals surface area contributed by atoms with Crippen LogP contribution in [0.2, 0.25) is 0 Å². The largest absolute Gasteiger partial charge is 0.481 e. The molecule has 0 aliphatic carbocycles. The van der Waals surface area contributed by atoms with Gasteiger partial charge in [-0.3, -0.25) is 14.4 Å². The molecule has 10 heteroatoms. The lowest BCUT2D eigenvalue weighted by atomic mass is 9.98. The van der Waals surface area contributed by atoms with Crippen LogP contribution < -0.4 is 22.1 Å². The van der Waals surface area contributed by atoms with E-state index >= 15 is 0 Å². The van der Waals surface area contributed by atoms with Gasteiger partial charge in [0.2, 0.25) is 11.8 Å². The molecule has 0 heterocycles. The molecule has 0 aromatic carbocycles. The number of amides is 2. The van der Waals surface area contributed by atoms with Gasteiger partial charge in [0.15, 0.2) is 0 Å². The van der Waals surface area contributed by atoms with Gasteiger partial charge in [-0.1, -0.05) is 26.7 Å². The number of carboxylic acids is 2. The number of carbonyl (C=O) groups is 4. The van der Waals surface area contributed by atoms with Gasteiger partial charge in [0.25, 0.3) is 0 Å². The van der Waals surface area contributed by atoms with Crippen LogP contribution in [-0.4, -0.2) is 58.6 Å². The molecular formula is C17H32N4O6. The summed E-state index contributed by atoms with van der Waals surface area (Å²) in [5.41, 5.74) is 11.2. The molecule has 8 N–H and O–H groups in total. The smallest absolute Gasteiger partial charge is 0.326 e. The third kappa shape index (κ3) is 9.90. The highest BCUT2D eigenvalue weighted by Crippen LogP contribution is 2.09. The number of nitrogens with one attached hydrogen (secondary N) is 2. The van der Waals surface area contributed by atoms with Gasteiger partial charge in [-0.2, -0.15) is 0 Å². The Labute approximate surface area is 159 Å². The van der Waals surface area contributed by atoms with E-state index in [1.165, 1.54) is 0 Å². The normalized spacial score (nSPS) is 15.3. The molecule has 27 heavy (non-hydrogen) atoms. The second kappa shape index (κ2) is 13.0. The van der Waals surface area contributed by atoms with Gasteiger partial charge in [-0.05, 0) is 31.7 Å². The molecule has 2 amide bonds. The summed E-state index contributed by atoms with van der Waals surface area (Å²) < 4.78 is 0. The van der Waals surface area contributed by atoms with Gasteiger partial charge in [-0.25, -0.2) is 4.79 Å². The van der Waals surface area contributed by atoms with Gasteiger partial charge >= 0.3 is 11.9 Å². The Morgan fingerprint density at radius 2 is 1.63 bits per heavy atom. The van der Waals surface area contributed by atoms with Crippen molar-refractivity contribution in [3.8, 4) is 0 Å². The molecule has 0 saturated carbocycles. The maximum Gasteiger partial charge on any atom is 0.326 e.